The SMILES string of the molecule is C/C(=C(\OCCOc1ccc(Cl)cc1Cl)c1ccc(Cl)cc1Cl)n1ccnc1. The number of rotatable bonds is 7. The van der Waals surface area contributed by atoms with E-state index in [0.29, 0.717) is 31.6 Å². The zero-order valence-corrected chi connectivity index (χ0v) is 17.9. The molecule has 0 bridgehead atoms. The molecule has 146 valence electrons. The van der Waals surface area contributed by atoms with Crippen LogP contribution in [0.5, 0.6) is 5.75 Å². The molecule has 0 atom stereocenters. The Morgan fingerprint density at radius 2 is 1.68 bits per heavy atom. The standard InChI is InChI=1S/C20H16Cl4N2O2/c1-13(26-7-6-25-12-26)20(16-4-2-14(21)10-17(16)23)28-9-8-27-19-5-3-15(22)11-18(19)24/h2-7,10-12H,8-9H2,1H3/b20-13+. The van der Waals surface area contributed by atoms with Crippen LogP contribution < -0.4 is 4.74 Å². The van der Waals surface area contributed by atoms with Crippen LogP contribution in [0.3, 0.4) is 0 Å². The largest absolute Gasteiger partial charge is 0.488 e. The van der Waals surface area contributed by atoms with Crippen LogP contribution in [0.2, 0.25) is 20.1 Å². The molecule has 0 saturated carbocycles. The predicted octanol–water partition coefficient (Wildman–Crippen LogP) is 6.94. The van der Waals surface area contributed by atoms with Crippen LogP contribution in [0.25, 0.3) is 11.5 Å². The van der Waals surface area contributed by atoms with Gasteiger partial charge in [-0.1, -0.05) is 46.4 Å². The summed E-state index contributed by atoms with van der Waals surface area (Å²) in [7, 11) is 0. The molecule has 3 rings (SSSR count). The summed E-state index contributed by atoms with van der Waals surface area (Å²) in [5.74, 6) is 1.14. The van der Waals surface area contributed by atoms with Gasteiger partial charge >= 0.3 is 0 Å². The Hall–Kier alpha value is -1.85. The molecule has 0 N–H and O–H groups in total. The van der Waals surface area contributed by atoms with Crippen molar-refractivity contribution in [3.8, 4) is 5.75 Å². The van der Waals surface area contributed by atoms with Crippen LogP contribution in [0.4, 0.5) is 0 Å². The van der Waals surface area contributed by atoms with Crippen LogP contribution in [0.15, 0.2) is 55.1 Å². The molecule has 0 saturated heterocycles. The molecular formula is C20H16Cl4N2O2. The normalized spacial score (nSPS) is 11.9. The van der Waals surface area contributed by atoms with Crippen molar-refractivity contribution in [1.82, 2.24) is 9.55 Å². The zero-order valence-electron chi connectivity index (χ0n) is 14.8. The summed E-state index contributed by atoms with van der Waals surface area (Å²) in [4.78, 5) is 4.08. The lowest BCUT2D eigenvalue weighted by atomic mass is 10.1. The maximum atomic E-state index is 6.39. The van der Waals surface area contributed by atoms with Crippen molar-refractivity contribution in [3.05, 3.63) is 80.8 Å². The molecular weight excluding hydrogens is 442 g/mol. The molecule has 0 radical (unpaired) electrons. The van der Waals surface area contributed by atoms with E-state index in [2.05, 4.69) is 4.98 Å². The van der Waals surface area contributed by atoms with Crippen molar-refractivity contribution >= 4 is 57.9 Å². The number of allylic oxidation sites excluding steroid dienone is 1. The third-order valence-electron chi connectivity index (χ3n) is 3.88. The summed E-state index contributed by atoms with van der Waals surface area (Å²) in [5.41, 5.74) is 1.55. The van der Waals surface area contributed by atoms with Crippen LogP contribution in [0.1, 0.15) is 12.5 Å². The van der Waals surface area contributed by atoms with Gasteiger partial charge in [0, 0.05) is 28.0 Å². The van der Waals surface area contributed by atoms with Crippen molar-refractivity contribution in [2.75, 3.05) is 13.2 Å². The molecule has 28 heavy (non-hydrogen) atoms. The lowest BCUT2D eigenvalue weighted by Gasteiger charge is -2.17. The van der Waals surface area contributed by atoms with E-state index in [1.54, 1.807) is 42.9 Å². The smallest absolute Gasteiger partial charge is 0.147 e. The Kier molecular flexibility index (Phi) is 7.13. The summed E-state index contributed by atoms with van der Waals surface area (Å²) < 4.78 is 13.6. The molecule has 0 spiro atoms. The lowest BCUT2D eigenvalue weighted by molar-refractivity contribution is 0.195. The maximum Gasteiger partial charge on any atom is 0.147 e. The van der Waals surface area contributed by atoms with Gasteiger partial charge in [0.1, 0.15) is 24.7 Å². The number of nitrogens with zero attached hydrogens (tertiary/aromatic N) is 2. The molecule has 0 fully saturated rings. The van der Waals surface area contributed by atoms with E-state index in [9.17, 15) is 0 Å². The first kappa shape index (κ1) is 20.9. The van der Waals surface area contributed by atoms with Crippen LogP contribution in [-0.4, -0.2) is 22.8 Å². The van der Waals surface area contributed by atoms with E-state index in [1.807, 2.05) is 23.8 Å². The quantitative estimate of drug-likeness (QED) is 0.284. The predicted molar refractivity (Wildman–Crippen MR) is 115 cm³/mol. The average molecular weight is 458 g/mol. The van der Waals surface area contributed by atoms with Gasteiger partial charge in [-0.2, -0.15) is 0 Å². The first-order chi connectivity index (χ1) is 13.5. The van der Waals surface area contributed by atoms with E-state index in [-0.39, 0.29) is 13.2 Å². The molecule has 4 nitrogen and oxygen atoms in total. The fraction of sp³-hybridized carbons (Fsp3) is 0.150. The molecule has 8 heteroatoms. The van der Waals surface area contributed by atoms with Gasteiger partial charge in [0.05, 0.1) is 22.1 Å². The molecule has 0 aliphatic heterocycles. The van der Waals surface area contributed by atoms with E-state index >= 15 is 0 Å². The summed E-state index contributed by atoms with van der Waals surface area (Å²) >= 11 is 24.4. The molecule has 0 aliphatic carbocycles. The second-order valence-corrected chi connectivity index (χ2v) is 7.47. The topological polar surface area (TPSA) is 36.3 Å². The third kappa shape index (κ3) is 5.15. The fourth-order valence-corrected chi connectivity index (χ4v) is 3.47. The minimum atomic E-state index is 0.277. The van der Waals surface area contributed by atoms with Gasteiger partial charge in [-0.05, 0) is 43.3 Å². The van der Waals surface area contributed by atoms with Crippen molar-refractivity contribution in [2.24, 2.45) is 0 Å². The highest BCUT2D eigenvalue weighted by molar-refractivity contribution is 6.36. The number of halogens is 4. The van der Waals surface area contributed by atoms with Gasteiger partial charge in [-0.3, -0.25) is 0 Å². The third-order valence-corrected chi connectivity index (χ3v) is 4.96. The Balaban J connectivity index is 1.77. The fourth-order valence-electron chi connectivity index (χ4n) is 2.51. The van der Waals surface area contributed by atoms with E-state index < -0.39 is 0 Å². The highest BCUT2D eigenvalue weighted by Gasteiger charge is 2.14. The van der Waals surface area contributed by atoms with Crippen molar-refractivity contribution < 1.29 is 9.47 Å². The monoisotopic (exact) mass is 456 g/mol. The van der Waals surface area contributed by atoms with Gasteiger partial charge < -0.3 is 14.0 Å². The van der Waals surface area contributed by atoms with Crippen molar-refractivity contribution in [3.63, 3.8) is 0 Å². The summed E-state index contributed by atoms with van der Waals surface area (Å²) in [6.45, 7) is 2.48. The summed E-state index contributed by atoms with van der Waals surface area (Å²) in [6, 6.07) is 10.3. The number of benzene rings is 2. The Labute approximate surface area is 183 Å². The number of hydrogen-bond acceptors (Lipinski definition) is 3. The van der Waals surface area contributed by atoms with Gasteiger partial charge in [-0.25, -0.2) is 4.98 Å². The van der Waals surface area contributed by atoms with Crippen LogP contribution >= 0.6 is 46.4 Å². The molecule has 0 aliphatic rings. The molecule has 0 unspecified atom stereocenters. The minimum Gasteiger partial charge on any atom is -0.488 e. The lowest BCUT2D eigenvalue weighted by Crippen LogP contribution is -2.09. The van der Waals surface area contributed by atoms with Gasteiger partial charge in [0.15, 0.2) is 0 Å². The minimum absolute atomic E-state index is 0.277. The summed E-state index contributed by atoms with van der Waals surface area (Å²) in [6.07, 6.45) is 5.20. The van der Waals surface area contributed by atoms with Gasteiger partial charge in [-0.15, -0.1) is 0 Å². The van der Waals surface area contributed by atoms with Gasteiger partial charge in [0.2, 0.25) is 0 Å². The molecule has 3 aromatic rings. The van der Waals surface area contributed by atoms with E-state index in [4.69, 9.17) is 55.9 Å². The van der Waals surface area contributed by atoms with Crippen molar-refractivity contribution in [1.29, 1.82) is 0 Å². The Bertz CT molecular complexity index is 988. The number of hydrogen-bond donors (Lipinski definition) is 0. The molecule has 0 amide bonds. The molecule has 1 heterocycles. The first-order valence-electron chi connectivity index (χ1n) is 8.31. The number of ether oxygens (including phenoxy) is 2. The Morgan fingerprint density at radius 1 is 0.964 bits per heavy atom. The second-order valence-electron chi connectivity index (χ2n) is 5.78. The van der Waals surface area contributed by atoms with E-state index in [0.717, 1.165) is 11.3 Å². The van der Waals surface area contributed by atoms with Gasteiger partial charge in [0.25, 0.3) is 0 Å². The molecule has 1 aromatic heterocycles. The maximum absolute atomic E-state index is 6.39. The zero-order chi connectivity index (χ0) is 20.1. The number of imidazole rings is 1. The first-order valence-corrected chi connectivity index (χ1v) is 9.82. The highest BCUT2D eigenvalue weighted by atomic mass is 35.5. The van der Waals surface area contributed by atoms with E-state index in [1.165, 1.54) is 0 Å². The van der Waals surface area contributed by atoms with Crippen LogP contribution in [-0.2, 0) is 4.74 Å². The Morgan fingerprint density at radius 3 is 2.32 bits per heavy atom. The summed E-state index contributed by atoms with van der Waals surface area (Å²) in [5, 5.41) is 2.03. The second kappa shape index (κ2) is 9.57. The average Bonchev–Trinajstić information content (AvgIpc) is 3.18. The number of aromatic nitrogens is 2. The highest BCUT2D eigenvalue weighted by Crippen LogP contribution is 2.31. The van der Waals surface area contributed by atoms with Crippen molar-refractivity contribution in [2.45, 2.75) is 6.92 Å². The van der Waals surface area contributed by atoms with Crippen LogP contribution in [0, 0.1) is 0 Å². The molecule has 2 aromatic carbocycles.